The van der Waals surface area contributed by atoms with Gasteiger partial charge < -0.3 is 10.1 Å². The summed E-state index contributed by atoms with van der Waals surface area (Å²) in [7, 11) is -2.16. The molecule has 3 heterocycles. The molecule has 31 heavy (non-hydrogen) atoms. The smallest absolute Gasteiger partial charge is 0.251 e. The van der Waals surface area contributed by atoms with E-state index in [9.17, 15) is 13.2 Å². The second-order valence-corrected chi connectivity index (χ2v) is 9.25. The Kier molecular flexibility index (Phi) is 5.78. The lowest BCUT2D eigenvalue weighted by molar-refractivity contribution is -0.00480. The predicted octanol–water partition coefficient (Wildman–Crippen LogP) is 1.88. The van der Waals surface area contributed by atoms with E-state index < -0.39 is 16.1 Å². The summed E-state index contributed by atoms with van der Waals surface area (Å²) in [6.07, 6.45) is 0.977. The van der Waals surface area contributed by atoms with Crippen LogP contribution in [0.3, 0.4) is 0 Å². The van der Waals surface area contributed by atoms with Crippen LogP contribution in [-0.4, -0.2) is 60.1 Å². The third-order valence-corrected chi connectivity index (χ3v) is 7.38. The summed E-state index contributed by atoms with van der Waals surface area (Å²) in [5, 5.41) is 7.64. The van der Waals surface area contributed by atoms with Crippen molar-refractivity contribution in [3.05, 3.63) is 53.5 Å². The van der Waals surface area contributed by atoms with Gasteiger partial charge in [-0.15, -0.1) is 0 Å². The van der Waals surface area contributed by atoms with Crippen molar-refractivity contribution in [2.24, 2.45) is 0 Å². The Balaban J connectivity index is 1.69. The number of aromatic nitrogens is 3. The molecule has 4 rings (SSSR count). The van der Waals surface area contributed by atoms with Crippen molar-refractivity contribution in [2.45, 2.75) is 31.4 Å². The molecule has 1 saturated heterocycles. The van der Waals surface area contributed by atoms with Crippen molar-refractivity contribution in [1.29, 1.82) is 0 Å². The van der Waals surface area contributed by atoms with E-state index in [1.807, 2.05) is 31.2 Å². The zero-order chi connectivity index (χ0) is 22.2. The van der Waals surface area contributed by atoms with E-state index in [1.165, 1.54) is 4.31 Å². The lowest BCUT2D eigenvalue weighted by Crippen LogP contribution is -2.42. The van der Waals surface area contributed by atoms with Crippen molar-refractivity contribution in [3.8, 4) is 0 Å². The summed E-state index contributed by atoms with van der Waals surface area (Å²) in [4.78, 5) is 17.3. The van der Waals surface area contributed by atoms with E-state index in [2.05, 4.69) is 15.4 Å². The number of pyridine rings is 1. The third kappa shape index (κ3) is 3.93. The normalized spacial score (nSPS) is 17.7. The van der Waals surface area contributed by atoms with Crippen molar-refractivity contribution in [3.63, 3.8) is 0 Å². The fourth-order valence-electron chi connectivity index (χ4n) is 3.76. The molecule has 0 bridgehead atoms. The van der Waals surface area contributed by atoms with Crippen LogP contribution in [-0.2, 0) is 21.3 Å². The zero-order valence-corrected chi connectivity index (χ0v) is 18.5. The number of amides is 1. The maximum absolute atomic E-state index is 13.3. The first kappa shape index (κ1) is 21.4. The van der Waals surface area contributed by atoms with Crippen molar-refractivity contribution in [1.82, 2.24) is 24.4 Å². The van der Waals surface area contributed by atoms with Crippen LogP contribution in [0.25, 0.3) is 10.9 Å². The fraction of sp³-hybridized carbons (Fsp3) is 0.381. The van der Waals surface area contributed by atoms with Crippen LogP contribution in [0, 0.1) is 6.92 Å². The summed E-state index contributed by atoms with van der Waals surface area (Å²) in [6, 6.07) is 9.04. The third-order valence-electron chi connectivity index (χ3n) is 5.41. The first-order valence-electron chi connectivity index (χ1n) is 10.1. The number of para-hydroxylation sites is 1. The molecule has 164 valence electrons. The molecular formula is C21H25N5O4S. The fourth-order valence-corrected chi connectivity index (χ4v) is 5.35. The minimum absolute atomic E-state index is 0.109. The van der Waals surface area contributed by atoms with Crippen LogP contribution < -0.4 is 5.32 Å². The molecule has 0 saturated carbocycles. The number of rotatable bonds is 5. The molecule has 10 heteroatoms. The predicted molar refractivity (Wildman–Crippen MR) is 115 cm³/mol. The molecule has 0 unspecified atom stereocenters. The molecular weight excluding hydrogens is 418 g/mol. The monoisotopic (exact) mass is 443 g/mol. The quantitative estimate of drug-likeness (QED) is 0.645. The molecule has 1 aromatic carbocycles. The van der Waals surface area contributed by atoms with Crippen LogP contribution in [0.2, 0.25) is 0 Å². The van der Waals surface area contributed by atoms with E-state index in [4.69, 9.17) is 4.74 Å². The average molecular weight is 444 g/mol. The van der Waals surface area contributed by atoms with Gasteiger partial charge in [-0.2, -0.15) is 9.40 Å². The number of ether oxygens (including phenoxy) is 1. The van der Waals surface area contributed by atoms with E-state index in [-0.39, 0.29) is 30.5 Å². The minimum Gasteiger partial charge on any atom is -0.369 e. The molecule has 2 aromatic heterocycles. The van der Waals surface area contributed by atoms with Gasteiger partial charge >= 0.3 is 0 Å². The summed E-state index contributed by atoms with van der Waals surface area (Å²) in [5.41, 5.74) is 2.13. The molecule has 1 aliphatic rings. The van der Waals surface area contributed by atoms with Gasteiger partial charge in [0.25, 0.3) is 5.91 Å². The van der Waals surface area contributed by atoms with Crippen molar-refractivity contribution in [2.75, 3.05) is 26.7 Å². The molecule has 0 radical (unpaired) electrons. The van der Waals surface area contributed by atoms with Crippen LogP contribution in [0.4, 0.5) is 0 Å². The van der Waals surface area contributed by atoms with Gasteiger partial charge in [-0.1, -0.05) is 18.2 Å². The first-order chi connectivity index (χ1) is 14.8. The molecule has 1 N–H and O–H groups in total. The molecule has 0 spiro atoms. The van der Waals surface area contributed by atoms with Crippen molar-refractivity contribution >= 4 is 26.8 Å². The SMILES string of the molecule is CCn1cc(S(=O)(=O)N2CCO[C@H](c3cc(C(=O)NC)c4ccccc4n3)C2)c(C)n1. The Morgan fingerprint density at radius 3 is 2.81 bits per heavy atom. The number of carbonyl (C=O) groups is 1. The number of nitrogens with zero attached hydrogens (tertiary/aromatic N) is 4. The van der Waals surface area contributed by atoms with Gasteiger partial charge in [-0.25, -0.2) is 13.4 Å². The van der Waals surface area contributed by atoms with Gasteiger partial charge in [0.2, 0.25) is 10.0 Å². The summed E-state index contributed by atoms with van der Waals surface area (Å²) < 4.78 is 35.5. The van der Waals surface area contributed by atoms with E-state index in [1.54, 1.807) is 30.9 Å². The number of morpholine rings is 1. The highest BCUT2D eigenvalue weighted by Crippen LogP contribution is 2.29. The number of nitrogens with one attached hydrogen (secondary N) is 1. The molecule has 1 fully saturated rings. The van der Waals surface area contributed by atoms with Gasteiger partial charge in [-0.3, -0.25) is 9.48 Å². The first-order valence-corrected chi connectivity index (χ1v) is 11.6. The highest BCUT2D eigenvalue weighted by atomic mass is 32.2. The molecule has 9 nitrogen and oxygen atoms in total. The van der Waals surface area contributed by atoms with E-state index in [0.29, 0.717) is 29.0 Å². The lowest BCUT2D eigenvalue weighted by atomic mass is 10.0. The number of hydrogen-bond donors (Lipinski definition) is 1. The summed E-state index contributed by atoms with van der Waals surface area (Å²) >= 11 is 0. The molecule has 1 aliphatic heterocycles. The Labute approximate surface area is 181 Å². The van der Waals surface area contributed by atoms with Gasteiger partial charge in [0, 0.05) is 38.3 Å². The average Bonchev–Trinajstić information content (AvgIpc) is 3.19. The standard InChI is InChI=1S/C21H25N5O4S/c1-4-25-13-20(14(2)24-25)31(28,29)26-9-10-30-19(12-26)18-11-16(21(27)22-3)15-7-5-6-8-17(15)23-18/h5-8,11,13,19H,4,9-10,12H2,1-3H3,(H,22,27)/t19-/m0/s1. The number of fused-ring (bicyclic) bond motifs is 1. The summed E-state index contributed by atoms with van der Waals surface area (Å²) in [6.45, 7) is 4.77. The van der Waals surface area contributed by atoms with Crippen molar-refractivity contribution < 1.29 is 17.9 Å². The maximum atomic E-state index is 13.3. The molecule has 1 atom stereocenters. The van der Waals surface area contributed by atoms with Gasteiger partial charge in [0.05, 0.1) is 29.1 Å². The van der Waals surface area contributed by atoms with E-state index in [0.717, 1.165) is 5.39 Å². The van der Waals surface area contributed by atoms with E-state index >= 15 is 0 Å². The Morgan fingerprint density at radius 1 is 1.32 bits per heavy atom. The van der Waals surface area contributed by atoms with Gasteiger partial charge in [0.15, 0.2) is 0 Å². The van der Waals surface area contributed by atoms with Crippen LogP contribution in [0.5, 0.6) is 0 Å². The lowest BCUT2D eigenvalue weighted by Gasteiger charge is -2.32. The number of benzene rings is 1. The number of carbonyl (C=O) groups excluding carboxylic acids is 1. The second-order valence-electron chi connectivity index (χ2n) is 7.35. The molecule has 1 amide bonds. The molecule has 0 aliphatic carbocycles. The topological polar surface area (TPSA) is 106 Å². The minimum atomic E-state index is -3.73. The largest absolute Gasteiger partial charge is 0.369 e. The highest BCUT2D eigenvalue weighted by Gasteiger charge is 2.34. The van der Waals surface area contributed by atoms with Gasteiger partial charge in [-0.05, 0) is 26.0 Å². The zero-order valence-electron chi connectivity index (χ0n) is 17.7. The Bertz CT molecular complexity index is 1240. The highest BCUT2D eigenvalue weighted by molar-refractivity contribution is 7.89. The van der Waals surface area contributed by atoms with Gasteiger partial charge in [0.1, 0.15) is 11.0 Å². The number of aryl methyl sites for hydroxylation is 2. The Hall–Kier alpha value is -2.82. The van der Waals surface area contributed by atoms with Crippen LogP contribution >= 0.6 is 0 Å². The molecule has 3 aromatic rings. The summed E-state index contributed by atoms with van der Waals surface area (Å²) in [5.74, 6) is -0.234. The number of sulfonamides is 1. The van der Waals surface area contributed by atoms with Crippen LogP contribution in [0.1, 0.15) is 34.8 Å². The van der Waals surface area contributed by atoms with Crippen LogP contribution in [0.15, 0.2) is 41.4 Å². The number of hydrogen-bond acceptors (Lipinski definition) is 6. The second kappa shape index (κ2) is 8.37. The maximum Gasteiger partial charge on any atom is 0.251 e. The Morgan fingerprint density at radius 2 is 2.10 bits per heavy atom.